The predicted octanol–water partition coefficient (Wildman–Crippen LogP) is 3.45. The molecule has 0 spiro atoms. The van der Waals surface area contributed by atoms with E-state index in [-0.39, 0.29) is 30.8 Å². The molecular weight excluding hydrogens is 447 g/mol. The molecule has 2 heterocycles. The standard InChI is InChI=1S/C20H25ClF3N7O/c1-12(2)31-11-27-16-17(28-19(29-18(16)31)30(6-5-25)7-8-32)26-10-13-3-4-15(21)14(9-13)20(22,23)24/h3-4,9,11-12,32H,5-8,10,25H2,1-2H3,(H,26,28,29). The van der Waals surface area contributed by atoms with E-state index in [1.807, 2.05) is 18.4 Å². The molecule has 32 heavy (non-hydrogen) atoms. The minimum atomic E-state index is -4.55. The molecule has 0 aliphatic rings. The van der Waals surface area contributed by atoms with Crippen LogP contribution in [0.1, 0.15) is 31.0 Å². The normalized spacial score (nSPS) is 12.0. The molecule has 12 heteroatoms. The summed E-state index contributed by atoms with van der Waals surface area (Å²) in [4.78, 5) is 15.3. The van der Waals surface area contributed by atoms with E-state index in [1.165, 1.54) is 12.1 Å². The van der Waals surface area contributed by atoms with Gasteiger partial charge in [0.2, 0.25) is 5.95 Å². The summed E-state index contributed by atoms with van der Waals surface area (Å²) in [6, 6.07) is 3.82. The lowest BCUT2D eigenvalue weighted by Gasteiger charge is -2.22. The molecule has 1 aromatic carbocycles. The first kappa shape index (κ1) is 24.0. The molecule has 0 radical (unpaired) electrons. The Morgan fingerprint density at radius 1 is 1.25 bits per heavy atom. The van der Waals surface area contributed by atoms with Gasteiger partial charge in [0, 0.05) is 32.2 Å². The number of benzene rings is 1. The van der Waals surface area contributed by atoms with Crippen molar-refractivity contribution in [3.05, 3.63) is 40.7 Å². The van der Waals surface area contributed by atoms with E-state index in [9.17, 15) is 18.3 Å². The van der Waals surface area contributed by atoms with Gasteiger partial charge in [0.05, 0.1) is 23.5 Å². The molecule has 0 saturated heterocycles. The molecule has 0 amide bonds. The summed E-state index contributed by atoms with van der Waals surface area (Å²) < 4.78 is 41.4. The van der Waals surface area contributed by atoms with E-state index >= 15 is 0 Å². The zero-order valence-electron chi connectivity index (χ0n) is 17.7. The number of imidazole rings is 1. The highest BCUT2D eigenvalue weighted by Crippen LogP contribution is 2.35. The van der Waals surface area contributed by atoms with Crippen LogP contribution in [0, 0.1) is 0 Å². The first-order valence-corrected chi connectivity index (χ1v) is 10.4. The van der Waals surface area contributed by atoms with Crippen LogP contribution in [0.2, 0.25) is 5.02 Å². The average Bonchev–Trinajstić information content (AvgIpc) is 3.16. The molecule has 3 rings (SSSR count). The number of nitrogens with one attached hydrogen (secondary N) is 1. The second-order valence-corrected chi connectivity index (χ2v) is 7.86. The van der Waals surface area contributed by atoms with Crippen LogP contribution >= 0.6 is 11.6 Å². The van der Waals surface area contributed by atoms with E-state index in [1.54, 1.807) is 11.2 Å². The molecule has 0 fully saturated rings. The number of aromatic nitrogens is 4. The van der Waals surface area contributed by atoms with Gasteiger partial charge in [-0.2, -0.15) is 23.1 Å². The fourth-order valence-corrected chi connectivity index (χ4v) is 3.45. The molecule has 8 nitrogen and oxygen atoms in total. The molecule has 0 aliphatic carbocycles. The number of aliphatic hydroxyl groups is 1. The van der Waals surface area contributed by atoms with Crippen molar-refractivity contribution in [2.45, 2.75) is 32.6 Å². The number of alkyl halides is 3. The van der Waals surface area contributed by atoms with Gasteiger partial charge in [-0.05, 0) is 31.5 Å². The fraction of sp³-hybridized carbons (Fsp3) is 0.450. The number of anilines is 2. The van der Waals surface area contributed by atoms with Crippen LogP contribution in [0.4, 0.5) is 24.9 Å². The Balaban J connectivity index is 2.00. The van der Waals surface area contributed by atoms with Crippen molar-refractivity contribution in [1.82, 2.24) is 19.5 Å². The lowest BCUT2D eigenvalue weighted by Crippen LogP contribution is -2.33. The Morgan fingerprint density at radius 3 is 2.62 bits per heavy atom. The number of aliphatic hydroxyl groups excluding tert-OH is 1. The monoisotopic (exact) mass is 471 g/mol. The maximum absolute atomic E-state index is 13.2. The highest BCUT2D eigenvalue weighted by atomic mass is 35.5. The van der Waals surface area contributed by atoms with Crippen molar-refractivity contribution in [2.24, 2.45) is 5.73 Å². The van der Waals surface area contributed by atoms with Gasteiger partial charge in [-0.15, -0.1) is 0 Å². The molecule has 4 N–H and O–H groups in total. The maximum Gasteiger partial charge on any atom is 0.417 e. The van der Waals surface area contributed by atoms with Gasteiger partial charge in [-0.3, -0.25) is 0 Å². The van der Waals surface area contributed by atoms with Crippen molar-refractivity contribution < 1.29 is 18.3 Å². The van der Waals surface area contributed by atoms with Gasteiger partial charge in [0.15, 0.2) is 17.0 Å². The topological polar surface area (TPSA) is 105 Å². The van der Waals surface area contributed by atoms with E-state index in [4.69, 9.17) is 17.3 Å². The van der Waals surface area contributed by atoms with Crippen LogP contribution in [0.15, 0.2) is 24.5 Å². The van der Waals surface area contributed by atoms with Crippen LogP contribution in [0.25, 0.3) is 11.2 Å². The number of nitrogens with zero attached hydrogens (tertiary/aromatic N) is 5. The number of hydrogen-bond donors (Lipinski definition) is 3. The molecule has 0 atom stereocenters. The minimum Gasteiger partial charge on any atom is -0.395 e. The van der Waals surface area contributed by atoms with Crippen molar-refractivity contribution in [2.75, 3.05) is 36.5 Å². The first-order chi connectivity index (χ1) is 15.2. The quantitative estimate of drug-likeness (QED) is 0.439. The Bertz CT molecular complexity index is 1070. The molecule has 3 aromatic rings. The first-order valence-electron chi connectivity index (χ1n) is 10.1. The summed E-state index contributed by atoms with van der Waals surface area (Å²) in [5.74, 6) is 0.710. The third kappa shape index (κ3) is 5.22. The second kappa shape index (κ2) is 9.88. The number of halogens is 4. The van der Waals surface area contributed by atoms with E-state index < -0.39 is 11.7 Å². The van der Waals surface area contributed by atoms with Gasteiger partial charge in [-0.25, -0.2) is 4.98 Å². The van der Waals surface area contributed by atoms with Gasteiger partial charge in [0.25, 0.3) is 0 Å². The fourth-order valence-electron chi connectivity index (χ4n) is 3.22. The number of rotatable bonds is 9. The second-order valence-electron chi connectivity index (χ2n) is 7.45. The van der Waals surface area contributed by atoms with Crippen LogP contribution in [-0.4, -0.2) is 50.9 Å². The zero-order chi connectivity index (χ0) is 23.5. The van der Waals surface area contributed by atoms with E-state index in [2.05, 4.69) is 20.3 Å². The summed E-state index contributed by atoms with van der Waals surface area (Å²) in [7, 11) is 0. The van der Waals surface area contributed by atoms with Gasteiger partial charge in [-0.1, -0.05) is 17.7 Å². The Labute approximate surface area is 188 Å². The summed E-state index contributed by atoms with van der Waals surface area (Å²) in [5, 5.41) is 12.1. The lowest BCUT2D eigenvalue weighted by molar-refractivity contribution is -0.137. The summed E-state index contributed by atoms with van der Waals surface area (Å²) in [6.07, 6.45) is -2.91. The largest absolute Gasteiger partial charge is 0.417 e. The Hall–Kier alpha value is -2.63. The number of nitrogens with two attached hydrogens (primary N) is 1. The SMILES string of the molecule is CC(C)n1cnc2c(NCc3ccc(Cl)c(C(F)(F)F)c3)nc(N(CCN)CCO)nc21. The summed E-state index contributed by atoms with van der Waals surface area (Å²) in [5.41, 5.74) is 6.23. The molecular formula is C20H25ClF3N7O. The lowest BCUT2D eigenvalue weighted by atomic mass is 10.1. The van der Waals surface area contributed by atoms with Crippen molar-refractivity contribution in [3.63, 3.8) is 0 Å². The van der Waals surface area contributed by atoms with Crippen molar-refractivity contribution in [1.29, 1.82) is 0 Å². The highest BCUT2D eigenvalue weighted by molar-refractivity contribution is 6.31. The molecule has 0 aliphatic heterocycles. The smallest absolute Gasteiger partial charge is 0.395 e. The Kier molecular flexibility index (Phi) is 7.42. The molecule has 0 unspecified atom stereocenters. The van der Waals surface area contributed by atoms with Gasteiger partial charge < -0.3 is 25.6 Å². The van der Waals surface area contributed by atoms with Crippen LogP contribution in [0.3, 0.4) is 0 Å². The average molecular weight is 472 g/mol. The van der Waals surface area contributed by atoms with Crippen molar-refractivity contribution >= 4 is 34.5 Å². The van der Waals surface area contributed by atoms with E-state index in [0.29, 0.717) is 41.6 Å². The van der Waals surface area contributed by atoms with Gasteiger partial charge >= 0.3 is 6.18 Å². The third-order valence-corrected chi connectivity index (χ3v) is 5.14. The third-order valence-electron chi connectivity index (χ3n) is 4.81. The molecule has 0 saturated carbocycles. The molecule has 0 bridgehead atoms. The predicted molar refractivity (Wildman–Crippen MR) is 118 cm³/mol. The summed E-state index contributed by atoms with van der Waals surface area (Å²) >= 11 is 5.71. The van der Waals surface area contributed by atoms with Crippen LogP contribution in [-0.2, 0) is 12.7 Å². The highest BCUT2D eigenvalue weighted by Gasteiger charge is 2.33. The molecule has 174 valence electrons. The molecule has 2 aromatic heterocycles. The maximum atomic E-state index is 13.2. The summed E-state index contributed by atoms with van der Waals surface area (Å²) in [6.45, 7) is 4.95. The number of hydrogen-bond acceptors (Lipinski definition) is 7. The van der Waals surface area contributed by atoms with E-state index in [0.717, 1.165) is 6.07 Å². The van der Waals surface area contributed by atoms with Crippen LogP contribution in [0.5, 0.6) is 0 Å². The Morgan fingerprint density at radius 2 is 2.00 bits per heavy atom. The van der Waals surface area contributed by atoms with Crippen LogP contribution < -0.4 is 16.0 Å². The van der Waals surface area contributed by atoms with Gasteiger partial charge in [0.1, 0.15) is 0 Å². The van der Waals surface area contributed by atoms with Crippen molar-refractivity contribution in [3.8, 4) is 0 Å². The number of fused-ring (bicyclic) bond motifs is 1. The zero-order valence-corrected chi connectivity index (χ0v) is 18.5. The minimum absolute atomic E-state index is 0.0667.